The van der Waals surface area contributed by atoms with Crippen molar-refractivity contribution in [3.05, 3.63) is 82.0 Å². The first-order valence-corrected chi connectivity index (χ1v) is 9.33. The summed E-state index contributed by atoms with van der Waals surface area (Å²) in [4.78, 5) is 12.4. The highest BCUT2D eigenvalue weighted by atomic mass is 35.5. The number of carbonyl (C=O) groups is 1. The average molecular weight is 425 g/mol. The maximum Gasteiger partial charge on any atom is 0.289 e. The molecule has 0 radical (unpaired) electrons. The van der Waals surface area contributed by atoms with Crippen LogP contribution < -0.4 is 5.43 Å². The van der Waals surface area contributed by atoms with Crippen LogP contribution in [0.15, 0.2) is 65.8 Å². The monoisotopic (exact) mass is 424 g/mol. The van der Waals surface area contributed by atoms with Crippen molar-refractivity contribution in [2.75, 3.05) is 0 Å². The molecule has 29 heavy (non-hydrogen) atoms. The van der Waals surface area contributed by atoms with E-state index in [-0.39, 0.29) is 11.4 Å². The van der Waals surface area contributed by atoms with Crippen LogP contribution >= 0.6 is 23.2 Å². The Bertz CT molecular complexity index is 1250. The molecule has 1 amide bonds. The van der Waals surface area contributed by atoms with Crippen molar-refractivity contribution in [2.45, 2.75) is 0 Å². The molecule has 0 aliphatic rings. The normalized spacial score (nSPS) is 11.2. The van der Waals surface area contributed by atoms with Gasteiger partial charge in [0.05, 0.1) is 16.9 Å². The number of H-pyrrole nitrogens is 1. The largest absolute Gasteiger partial charge is 0.507 e. The quantitative estimate of drug-likeness (QED) is 0.317. The van der Waals surface area contributed by atoms with Crippen LogP contribution in [0.25, 0.3) is 22.0 Å². The van der Waals surface area contributed by atoms with Gasteiger partial charge in [-0.25, -0.2) is 5.43 Å². The lowest BCUT2D eigenvalue weighted by molar-refractivity contribution is 0.0950. The molecule has 144 valence electrons. The van der Waals surface area contributed by atoms with Gasteiger partial charge >= 0.3 is 0 Å². The number of fused-ring (bicyclic) bond motifs is 1. The fraction of sp³-hybridized carbons (Fsp3) is 0. The van der Waals surface area contributed by atoms with Crippen molar-refractivity contribution in [2.24, 2.45) is 5.10 Å². The Balaban J connectivity index is 1.54. The van der Waals surface area contributed by atoms with E-state index in [1.54, 1.807) is 30.3 Å². The molecule has 0 saturated carbocycles. The summed E-state index contributed by atoms with van der Waals surface area (Å²) < 4.78 is 0. The van der Waals surface area contributed by atoms with Crippen molar-refractivity contribution in [3.63, 3.8) is 0 Å². The number of hydrogen-bond donors (Lipinski definition) is 3. The van der Waals surface area contributed by atoms with E-state index < -0.39 is 5.91 Å². The summed E-state index contributed by atoms with van der Waals surface area (Å²) >= 11 is 12.2. The fourth-order valence-corrected chi connectivity index (χ4v) is 3.29. The molecule has 0 aliphatic heterocycles. The minimum absolute atomic E-state index is 0.0705. The molecule has 0 spiro atoms. The molecule has 0 saturated heterocycles. The standard InChI is InChI=1S/C21H14Cl2N4O2/c22-13-6-7-17(23)15(9-13)18-10-19(26-25-18)21(29)27-24-11-16-14-4-2-1-3-12(14)5-8-20(16)28/h1-11,28H,(H,25,26)(H,27,29). The van der Waals surface area contributed by atoms with Crippen LogP contribution in [0.3, 0.4) is 0 Å². The van der Waals surface area contributed by atoms with E-state index in [1.165, 1.54) is 6.21 Å². The number of phenolic OH excluding ortho intramolecular Hbond substituents is 1. The minimum Gasteiger partial charge on any atom is -0.507 e. The van der Waals surface area contributed by atoms with Crippen LogP contribution in [0.1, 0.15) is 16.1 Å². The van der Waals surface area contributed by atoms with E-state index in [1.807, 2.05) is 30.3 Å². The number of hydrazone groups is 1. The highest BCUT2D eigenvalue weighted by Crippen LogP contribution is 2.29. The van der Waals surface area contributed by atoms with Crippen molar-refractivity contribution < 1.29 is 9.90 Å². The Morgan fingerprint density at radius 1 is 1.10 bits per heavy atom. The zero-order valence-electron chi connectivity index (χ0n) is 14.9. The van der Waals surface area contributed by atoms with Crippen LogP contribution in [0.2, 0.25) is 10.0 Å². The van der Waals surface area contributed by atoms with Crippen molar-refractivity contribution in [1.29, 1.82) is 0 Å². The lowest BCUT2D eigenvalue weighted by Crippen LogP contribution is -2.18. The third-order valence-electron chi connectivity index (χ3n) is 4.33. The maximum atomic E-state index is 12.4. The van der Waals surface area contributed by atoms with E-state index in [9.17, 15) is 9.90 Å². The highest BCUT2D eigenvalue weighted by Gasteiger charge is 2.13. The summed E-state index contributed by atoms with van der Waals surface area (Å²) in [6, 6.07) is 17.5. The second-order valence-corrected chi connectivity index (χ2v) is 7.05. The number of amides is 1. The third-order valence-corrected chi connectivity index (χ3v) is 4.90. The summed E-state index contributed by atoms with van der Waals surface area (Å²) in [6.07, 6.45) is 1.40. The topological polar surface area (TPSA) is 90.4 Å². The van der Waals surface area contributed by atoms with E-state index in [0.717, 1.165) is 10.8 Å². The summed E-state index contributed by atoms with van der Waals surface area (Å²) in [5, 5.41) is 23.6. The molecular formula is C21H14Cl2N4O2. The zero-order valence-corrected chi connectivity index (χ0v) is 16.4. The molecule has 0 unspecified atom stereocenters. The number of carbonyl (C=O) groups excluding carboxylic acids is 1. The number of rotatable bonds is 4. The third kappa shape index (κ3) is 3.94. The molecule has 4 rings (SSSR count). The molecule has 0 atom stereocenters. The second-order valence-electron chi connectivity index (χ2n) is 6.21. The number of aromatic hydroxyl groups is 1. The molecule has 3 aromatic carbocycles. The molecule has 0 fully saturated rings. The summed E-state index contributed by atoms with van der Waals surface area (Å²) in [5.74, 6) is -0.418. The number of nitrogens with one attached hydrogen (secondary N) is 2. The van der Waals surface area contributed by atoms with E-state index in [2.05, 4.69) is 20.7 Å². The molecule has 6 nitrogen and oxygen atoms in total. The Morgan fingerprint density at radius 3 is 2.79 bits per heavy atom. The first-order chi connectivity index (χ1) is 14.0. The number of nitrogens with zero attached hydrogens (tertiary/aromatic N) is 2. The molecule has 8 heteroatoms. The highest BCUT2D eigenvalue weighted by molar-refractivity contribution is 6.35. The van der Waals surface area contributed by atoms with Gasteiger partial charge in [-0.2, -0.15) is 10.2 Å². The second kappa shape index (κ2) is 7.95. The minimum atomic E-state index is -0.488. The lowest BCUT2D eigenvalue weighted by Gasteiger charge is -2.04. The van der Waals surface area contributed by atoms with Crippen molar-refractivity contribution in [3.8, 4) is 17.0 Å². The molecule has 4 aromatic rings. The van der Waals surface area contributed by atoms with Gasteiger partial charge in [-0.05, 0) is 41.1 Å². The Hall–Kier alpha value is -3.35. The van der Waals surface area contributed by atoms with Crippen LogP contribution in [-0.4, -0.2) is 27.4 Å². The maximum absolute atomic E-state index is 12.4. The van der Waals surface area contributed by atoms with Gasteiger partial charge in [-0.15, -0.1) is 0 Å². The lowest BCUT2D eigenvalue weighted by atomic mass is 10.0. The number of aromatic amines is 1. The number of aromatic nitrogens is 2. The molecule has 1 heterocycles. The Morgan fingerprint density at radius 2 is 1.93 bits per heavy atom. The van der Waals surface area contributed by atoms with Gasteiger partial charge in [0.15, 0.2) is 0 Å². The summed E-state index contributed by atoms with van der Waals surface area (Å²) in [5.41, 5.74) is 4.23. The van der Waals surface area contributed by atoms with Gasteiger partial charge in [-0.3, -0.25) is 9.89 Å². The van der Waals surface area contributed by atoms with E-state index in [4.69, 9.17) is 23.2 Å². The van der Waals surface area contributed by atoms with Crippen LogP contribution in [-0.2, 0) is 0 Å². The van der Waals surface area contributed by atoms with Gasteiger partial charge in [0, 0.05) is 16.1 Å². The predicted molar refractivity (Wildman–Crippen MR) is 115 cm³/mol. The van der Waals surface area contributed by atoms with E-state index >= 15 is 0 Å². The van der Waals surface area contributed by atoms with Crippen molar-refractivity contribution >= 4 is 46.1 Å². The average Bonchev–Trinajstić information content (AvgIpc) is 3.21. The molecule has 0 aliphatic carbocycles. The van der Waals surface area contributed by atoms with E-state index in [0.29, 0.717) is 26.9 Å². The molecule has 1 aromatic heterocycles. The Kier molecular flexibility index (Phi) is 5.20. The number of benzene rings is 3. The fourth-order valence-electron chi connectivity index (χ4n) is 2.91. The van der Waals surface area contributed by atoms with Crippen LogP contribution in [0, 0.1) is 0 Å². The smallest absolute Gasteiger partial charge is 0.289 e. The number of phenols is 1. The van der Waals surface area contributed by atoms with Gasteiger partial charge in [0.25, 0.3) is 5.91 Å². The summed E-state index contributed by atoms with van der Waals surface area (Å²) in [6.45, 7) is 0. The van der Waals surface area contributed by atoms with Gasteiger partial charge < -0.3 is 5.11 Å². The molecule has 3 N–H and O–H groups in total. The summed E-state index contributed by atoms with van der Waals surface area (Å²) in [7, 11) is 0. The zero-order chi connectivity index (χ0) is 20.4. The predicted octanol–water partition coefficient (Wildman–Crippen LogP) is 5.01. The SMILES string of the molecule is O=C(NN=Cc1c(O)ccc2ccccc12)c1cc(-c2cc(Cl)ccc2Cl)n[nH]1. The number of halogens is 2. The van der Waals surface area contributed by atoms with Gasteiger partial charge in [-0.1, -0.05) is 53.5 Å². The first-order valence-electron chi connectivity index (χ1n) is 8.58. The first kappa shape index (κ1) is 19.0. The van der Waals surface area contributed by atoms with Crippen LogP contribution in [0.4, 0.5) is 0 Å². The molecule has 0 bridgehead atoms. The van der Waals surface area contributed by atoms with Gasteiger partial charge in [0.2, 0.25) is 0 Å². The van der Waals surface area contributed by atoms with Crippen LogP contribution in [0.5, 0.6) is 5.75 Å². The molecular weight excluding hydrogens is 411 g/mol. The van der Waals surface area contributed by atoms with Crippen molar-refractivity contribution in [1.82, 2.24) is 15.6 Å². The number of hydrogen-bond acceptors (Lipinski definition) is 4. The Labute approximate surface area is 175 Å². The van der Waals surface area contributed by atoms with Gasteiger partial charge in [0.1, 0.15) is 11.4 Å².